The van der Waals surface area contributed by atoms with E-state index in [1.54, 1.807) is 6.92 Å². The fourth-order valence-electron chi connectivity index (χ4n) is 1.75. The largest absolute Gasteiger partial charge is 0.438 e. The highest BCUT2D eigenvalue weighted by Gasteiger charge is 2.29. The second kappa shape index (κ2) is 7.05. The summed E-state index contributed by atoms with van der Waals surface area (Å²) in [6.07, 6.45) is 1.41. The highest BCUT2D eigenvalue weighted by atomic mass is 35.7. The van der Waals surface area contributed by atoms with Crippen molar-refractivity contribution in [3.05, 3.63) is 50.6 Å². The number of aromatic nitrogens is 1. The molecule has 1 aromatic carbocycles. The van der Waals surface area contributed by atoms with Gasteiger partial charge < -0.3 is 9.30 Å². The van der Waals surface area contributed by atoms with Crippen LogP contribution in [0.4, 0.5) is 5.69 Å². The van der Waals surface area contributed by atoms with Crippen molar-refractivity contribution < 1.29 is 14.2 Å². The van der Waals surface area contributed by atoms with Gasteiger partial charge in [-0.3, -0.25) is 10.1 Å². The molecule has 0 amide bonds. The van der Waals surface area contributed by atoms with Crippen molar-refractivity contribution in [2.24, 2.45) is 0 Å². The number of rotatable bonds is 5. The minimum absolute atomic E-state index is 0.0665. The minimum Gasteiger partial charge on any atom is -0.438 e. The zero-order valence-corrected chi connectivity index (χ0v) is 14.9. The molecule has 0 aliphatic carbocycles. The van der Waals surface area contributed by atoms with E-state index in [1.165, 1.54) is 30.5 Å². The van der Waals surface area contributed by atoms with Crippen LogP contribution in [-0.2, 0) is 4.57 Å². The molecule has 6 nitrogen and oxygen atoms in total. The number of pyridine rings is 1. The molecule has 2 aromatic rings. The first-order valence-corrected chi connectivity index (χ1v) is 9.86. The molecule has 10 heteroatoms. The smallest absolute Gasteiger partial charge is 0.281 e. The van der Waals surface area contributed by atoms with Gasteiger partial charge in [0, 0.05) is 18.4 Å². The van der Waals surface area contributed by atoms with Gasteiger partial charge in [-0.25, -0.2) is 4.98 Å². The fourth-order valence-corrected chi connectivity index (χ4v) is 3.73. The van der Waals surface area contributed by atoms with Crippen molar-refractivity contribution in [1.82, 2.24) is 4.98 Å². The van der Waals surface area contributed by atoms with E-state index < -0.39 is 11.4 Å². The third kappa shape index (κ3) is 4.15. The Labute approximate surface area is 146 Å². The summed E-state index contributed by atoms with van der Waals surface area (Å²) in [4.78, 5) is 14.4. The zero-order chi connectivity index (χ0) is 17.2. The SMILES string of the molecule is CCP(=O)(Cl)c1cc(Oc2ncc(Cl)cc2Cl)ccc1[N+](=O)[O-]. The third-order valence-corrected chi connectivity index (χ3v) is 6.53. The van der Waals surface area contributed by atoms with E-state index in [9.17, 15) is 14.7 Å². The highest BCUT2D eigenvalue weighted by Crippen LogP contribution is 2.52. The van der Waals surface area contributed by atoms with Crippen LogP contribution in [0.25, 0.3) is 0 Å². The van der Waals surface area contributed by atoms with Crippen LogP contribution in [0.1, 0.15) is 6.92 Å². The number of nitro benzene ring substituents is 1. The van der Waals surface area contributed by atoms with Crippen molar-refractivity contribution in [3.63, 3.8) is 0 Å². The number of nitro groups is 1. The summed E-state index contributed by atoms with van der Waals surface area (Å²) in [6, 6.07) is 5.23. The van der Waals surface area contributed by atoms with Gasteiger partial charge in [-0.1, -0.05) is 30.1 Å². The molecule has 2 rings (SSSR count). The van der Waals surface area contributed by atoms with Gasteiger partial charge in [-0.15, -0.1) is 0 Å². The topological polar surface area (TPSA) is 82.3 Å². The Bertz CT molecular complexity index is 816. The van der Waals surface area contributed by atoms with E-state index >= 15 is 0 Å². The summed E-state index contributed by atoms with van der Waals surface area (Å²) in [7, 11) is 0. The monoisotopic (exact) mass is 394 g/mol. The molecule has 1 aromatic heterocycles. The molecule has 1 atom stereocenters. The second-order valence-corrected chi connectivity index (χ2v) is 9.32. The van der Waals surface area contributed by atoms with Gasteiger partial charge in [0.25, 0.3) is 5.69 Å². The standard InChI is InChI=1S/C13H10Cl3N2O4P/c1-2-23(16,21)12-6-9(3-4-11(12)18(19)20)22-13-10(15)5-8(14)7-17-13/h3-7H,2H2,1H3. The lowest BCUT2D eigenvalue weighted by Gasteiger charge is -2.11. The molecule has 1 heterocycles. The van der Waals surface area contributed by atoms with Gasteiger partial charge in [-0.05, 0) is 29.4 Å². The second-order valence-electron chi connectivity index (χ2n) is 4.42. The molecule has 0 bridgehead atoms. The van der Waals surface area contributed by atoms with Gasteiger partial charge in [0.15, 0.2) is 0 Å². The van der Waals surface area contributed by atoms with Crippen LogP contribution in [-0.4, -0.2) is 16.1 Å². The molecule has 23 heavy (non-hydrogen) atoms. The number of nitrogens with zero attached hydrogens (tertiary/aromatic N) is 2. The Kier molecular flexibility index (Phi) is 5.53. The van der Waals surface area contributed by atoms with Crippen LogP contribution < -0.4 is 10.0 Å². The van der Waals surface area contributed by atoms with E-state index in [4.69, 9.17) is 39.2 Å². The average molecular weight is 396 g/mol. The minimum atomic E-state index is -3.39. The normalized spacial score (nSPS) is 13.4. The summed E-state index contributed by atoms with van der Waals surface area (Å²) in [5.74, 6) is 0.244. The summed E-state index contributed by atoms with van der Waals surface area (Å²) < 4.78 is 17.8. The van der Waals surface area contributed by atoms with Gasteiger partial charge >= 0.3 is 0 Å². The Morgan fingerprint density at radius 3 is 2.61 bits per heavy atom. The van der Waals surface area contributed by atoms with Crippen molar-refractivity contribution in [2.75, 3.05) is 6.16 Å². The summed E-state index contributed by atoms with van der Waals surface area (Å²) in [6.45, 7) is -1.81. The molecule has 0 saturated heterocycles. The number of halogens is 3. The van der Waals surface area contributed by atoms with Gasteiger partial charge in [0.2, 0.25) is 12.4 Å². The van der Waals surface area contributed by atoms with Crippen LogP contribution >= 0.6 is 40.9 Å². The van der Waals surface area contributed by atoms with E-state index in [-0.39, 0.29) is 33.8 Å². The van der Waals surface area contributed by atoms with E-state index in [2.05, 4.69) is 4.98 Å². The van der Waals surface area contributed by atoms with Gasteiger partial charge in [0.1, 0.15) is 16.1 Å². The summed E-state index contributed by atoms with van der Waals surface area (Å²) in [5, 5.41) is 11.5. The quantitative estimate of drug-likeness (QED) is 0.392. The maximum Gasteiger partial charge on any atom is 0.281 e. The van der Waals surface area contributed by atoms with Crippen molar-refractivity contribution in [2.45, 2.75) is 6.92 Å². The molecular formula is C13H10Cl3N2O4P. The maximum absolute atomic E-state index is 12.4. The first-order valence-electron chi connectivity index (χ1n) is 6.31. The van der Waals surface area contributed by atoms with Crippen molar-refractivity contribution >= 4 is 51.9 Å². The molecule has 1 unspecified atom stereocenters. The fraction of sp³-hybridized carbons (Fsp3) is 0.154. The zero-order valence-electron chi connectivity index (χ0n) is 11.7. The van der Waals surface area contributed by atoms with Crippen LogP contribution in [0, 0.1) is 10.1 Å². The van der Waals surface area contributed by atoms with Crippen LogP contribution in [0.3, 0.4) is 0 Å². The molecule has 0 fully saturated rings. The maximum atomic E-state index is 12.4. The first kappa shape index (κ1) is 18.0. The Hall–Kier alpha value is -1.33. The number of hydrogen-bond acceptors (Lipinski definition) is 5. The lowest BCUT2D eigenvalue weighted by Crippen LogP contribution is -2.10. The molecule has 0 aliphatic heterocycles. The molecule has 0 N–H and O–H groups in total. The lowest BCUT2D eigenvalue weighted by molar-refractivity contribution is -0.383. The van der Waals surface area contributed by atoms with Crippen LogP contribution in [0.5, 0.6) is 11.6 Å². The first-order chi connectivity index (χ1) is 10.7. The third-order valence-electron chi connectivity index (χ3n) is 2.90. The molecule has 0 saturated carbocycles. The van der Waals surface area contributed by atoms with E-state index in [0.29, 0.717) is 5.02 Å². The Balaban J connectivity index is 2.47. The highest BCUT2D eigenvalue weighted by molar-refractivity contribution is 7.95. The van der Waals surface area contributed by atoms with E-state index in [1.807, 2.05) is 0 Å². The van der Waals surface area contributed by atoms with Crippen molar-refractivity contribution in [1.29, 1.82) is 0 Å². The number of ether oxygens (including phenoxy) is 1. The predicted octanol–water partition coefficient (Wildman–Crippen LogP) is 5.25. The predicted molar refractivity (Wildman–Crippen MR) is 91.1 cm³/mol. The summed E-state index contributed by atoms with van der Waals surface area (Å²) >= 11 is 17.7. The van der Waals surface area contributed by atoms with Crippen LogP contribution in [0.2, 0.25) is 10.0 Å². The van der Waals surface area contributed by atoms with Gasteiger partial charge in [0.05, 0.1) is 9.95 Å². The molecule has 122 valence electrons. The van der Waals surface area contributed by atoms with Crippen molar-refractivity contribution in [3.8, 4) is 11.6 Å². The number of benzene rings is 1. The Morgan fingerprint density at radius 1 is 1.35 bits per heavy atom. The lowest BCUT2D eigenvalue weighted by atomic mass is 10.3. The Morgan fingerprint density at radius 2 is 2.04 bits per heavy atom. The van der Waals surface area contributed by atoms with E-state index in [0.717, 1.165) is 0 Å². The summed E-state index contributed by atoms with van der Waals surface area (Å²) in [5.41, 5.74) is -0.326. The molecule has 0 radical (unpaired) electrons. The number of hydrogen-bond donors (Lipinski definition) is 0. The average Bonchev–Trinajstić information content (AvgIpc) is 2.49. The molecule has 0 aliphatic rings. The molecular weight excluding hydrogens is 385 g/mol. The van der Waals surface area contributed by atoms with Gasteiger partial charge in [-0.2, -0.15) is 0 Å². The molecule has 0 spiro atoms. The van der Waals surface area contributed by atoms with Crippen LogP contribution in [0.15, 0.2) is 30.5 Å².